The number of nitriles is 2. The number of aromatic nitrogens is 2. The highest BCUT2D eigenvalue weighted by Gasteiger charge is 2.24. The summed E-state index contributed by atoms with van der Waals surface area (Å²) < 4.78 is 4.74. The summed E-state index contributed by atoms with van der Waals surface area (Å²) in [5, 5.41) is 26.1. The molecule has 10 rings (SSSR count). The Hall–Kier alpha value is -7.66. The molecule has 2 aromatic heterocycles. The third-order valence-electron chi connectivity index (χ3n) is 10.6. The Morgan fingerprint density at radius 3 is 1.54 bits per heavy atom. The van der Waals surface area contributed by atoms with Crippen molar-refractivity contribution < 1.29 is 0 Å². The van der Waals surface area contributed by atoms with Gasteiger partial charge < -0.3 is 9.13 Å². The second kappa shape index (κ2) is 12.5. The molecule has 0 spiro atoms. The van der Waals surface area contributed by atoms with Gasteiger partial charge in [-0.25, -0.2) is 0 Å². The number of rotatable bonds is 5. The summed E-state index contributed by atoms with van der Waals surface area (Å²) >= 11 is 0. The minimum Gasteiger partial charge on any atom is -0.309 e. The van der Waals surface area contributed by atoms with E-state index in [1.54, 1.807) is 0 Å². The molecule has 4 nitrogen and oxygen atoms in total. The van der Waals surface area contributed by atoms with Gasteiger partial charge >= 0.3 is 0 Å². The van der Waals surface area contributed by atoms with Gasteiger partial charge in [0.2, 0.25) is 0 Å². The predicted octanol–water partition coefficient (Wildman–Crippen LogP) is 12.6. The van der Waals surface area contributed by atoms with E-state index in [1.165, 1.54) is 10.8 Å². The molecule has 10 aromatic rings. The fraction of sp³-hybridized carbons (Fsp3) is 0. The number of benzene rings is 8. The van der Waals surface area contributed by atoms with E-state index in [0.717, 1.165) is 72.0 Å². The van der Waals surface area contributed by atoms with Crippen LogP contribution < -0.4 is 0 Å². The van der Waals surface area contributed by atoms with Crippen LogP contribution in [-0.2, 0) is 0 Å². The Bertz CT molecular complexity index is 3140. The average molecular weight is 687 g/mol. The molecule has 0 saturated carbocycles. The van der Waals surface area contributed by atoms with Crippen LogP contribution in [0.1, 0.15) is 11.1 Å². The lowest BCUT2D eigenvalue weighted by atomic mass is 9.84. The number of hydrogen-bond donors (Lipinski definition) is 0. The summed E-state index contributed by atoms with van der Waals surface area (Å²) in [6, 6.07) is 67.6. The number of hydrogen-bond acceptors (Lipinski definition) is 2. The van der Waals surface area contributed by atoms with Gasteiger partial charge in [-0.15, -0.1) is 0 Å². The standard InChI is InChI=1S/C50H30N4/c51-31-43-40(33-15-5-1-6-16-33)30-41(44(32-52)48(43)34-17-7-2-8-18-34)35-25-27-46-42(29-35)38-26-28-47-49(50(38)54(46)37-21-11-4-12-22-37)39-23-13-14-24-45(39)53(47)36-19-9-3-10-20-36/h1-30H. The first kappa shape index (κ1) is 31.1. The Labute approximate surface area is 312 Å². The average Bonchev–Trinajstić information content (AvgIpc) is 3.76. The lowest BCUT2D eigenvalue weighted by molar-refractivity contribution is 1.17. The SMILES string of the molecule is N#Cc1c(-c2ccccc2)cc(-c2ccc3c(c2)c2ccc4c(c5ccccc5n4-c4ccccc4)c2n3-c2ccccc2)c(C#N)c1-c1ccccc1. The first-order valence-electron chi connectivity index (χ1n) is 18.0. The van der Waals surface area contributed by atoms with E-state index in [-0.39, 0.29) is 0 Å². The summed E-state index contributed by atoms with van der Waals surface area (Å²) in [5.74, 6) is 0. The molecular weight excluding hydrogens is 657 g/mol. The Balaban J connectivity index is 1.33. The lowest BCUT2D eigenvalue weighted by Crippen LogP contribution is -1.98. The van der Waals surface area contributed by atoms with Crippen molar-refractivity contribution in [3.63, 3.8) is 0 Å². The molecular formula is C50H30N4. The van der Waals surface area contributed by atoms with Gasteiger partial charge in [-0.2, -0.15) is 10.5 Å². The topological polar surface area (TPSA) is 57.4 Å². The molecule has 250 valence electrons. The highest BCUT2D eigenvalue weighted by molar-refractivity contribution is 6.26. The van der Waals surface area contributed by atoms with Crippen LogP contribution in [0.3, 0.4) is 0 Å². The van der Waals surface area contributed by atoms with Crippen LogP contribution in [0.2, 0.25) is 0 Å². The monoisotopic (exact) mass is 686 g/mol. The molecule has 0 radical (unpaired) electrons. The maximum atomic E-state index is 10.9. The maximum Gasteiger partial charge on any atom is 0.100 e. The number of para-hydroxylation sites is 3. The second-order valence-corrected chi connectivity index (χ2v) is 13.5. The highest BCUT2D eigenvalue weighted by Crippen LogP contribution is 2.45. The molecule has 0 saturated heterocycles. The predicted molar refractivity (Wildman–Crippen MR) is 221 cm³/mol. The quantitative estimate of drug-likeness (QED) is 0.181. The van der Waals surface area contributed by atoms with E-state index in [0.29, 0.717) is 16.7 Å². The molecule has 0 atom stereocenters. The van der Waals surface area contributed by atoms with Crippen molar-refractivity contribution in [3.8, 4) is 56.9 Å². The van der Waals surface area contributed by atoms with E-state index in [2.05, 4.69) is 137 Å². The van der Waals surface area contributed by atoms with Gasteiger partial charge in [-0.05, 0) is 71.3 Å². The largest absolute Gasteiger partial charge is 0.309 e. The summed E-state index contributed by atoms with van der Waals surface area (Å²) in [5.41, 5.74) is 12.6. The van der Waals surface area contributed by atoms with Gasteiger partial charge in [0, 0.05) is 49.6 Å². The Kier molecular flexibility index (Phi) is 7.22. The number of fused-ring (bicyclic) bond motifs is 7. The van der Waals surface area contributed by atoms with Gasteiger partial charge in [0.1, 0.15) is 12.1 Å². The first-order valence-corrected chi connectivity index (χ1v) is 18.0. The molecule has 0 aliphatic carbocycles. The molecule has 54 heavy (non-hydrogen) atoms. The molecule has 0 unspecified atom stereocenters. The zero-order chi connectivity index (χ0) is 36.2. The van der Waals surface area contributed by atoms with Crippen molar-refractivity contribution in [2.45, 2.75) is 0 Å². The van der Waals surface area contributed by atoms with Crippen LogP contribution in [0.5, 0.6) is 0 Å². The molecule has 0 aliphatic rings. The van der Waals surface area contributed by atoms with Crippen LogP contribution in [0.4, 0.5) is 0 Å². The van der Waals surface area contributed by atoms with Gasteiger partial charge in [0.15, 0.2) is 0 Å². The molecule has 8 aromatic carbocycles. The zero-order valence-electron chi connectivity index (χ0n) is 29.1. The summed E-state index contributed by atoms with van der Waals surface area (Å²) in [4.78, 5) is 0. The zero-order valence-corrected chi connectivity index (χ0v) is 29.1. The minimum absolute atomic E-state index is 0.483. The molecule has 0 amide bonds. The molecule has 2 heterocycles. The van der Waals surface area contributed by atoms with Gasteiger partial charge in [-0.3, -0.25) is 0 Å². The highest BCUT2D eigenvalue weighted by atomic mass is 15.0. The maximum absolute atomic E-state index is 10.9. The molecule has 0 N–H and O–H groups in total. The van der Waals surface area contributed by atoms with E-state index < -0.39 is 0 Å². The second-order valence-electron chi connectivity index (χ2n) is 13.5. The van der Waals surface area contributed by atoms with Crippen LogP contribution in [0, 0.1) is 22.7 Å². The first-order chi connectivity index (χ1) is 26.7. The van der Waals surface area contributed by atoms with Crippen molar-refractivity contribution >= 4 is 43.6 Å². The fourth-order valence-electron chi connectivity index (χ4n) is 8.31. The number of nitrogens with zero attached hydrogens (tertiary/aromatic N) is 4. The van der Waals surface area contributed by atoms with Crippen LogP contribution >= 0.6 is 0 Å². The van der Waals surface area contributed by atoms with Gasteiger partial charge in [0.05, 0.1) is 33.2 Å². The van der Waals surface area contributed by atoms with Crippen molar-refractivity contribution in [1.29, 1.82) is 10.5 Å². The van der Waals surface area contributed by atoms with Crippen molar-refractivity contribution in [2.24, 2.45) is 0 Å². The Morgan fingerprint density at radius 2 is 0.889 bits per heavy atom. The van der Waals surface area contributed by atoms with Crippen molar-refractivity contribution in [2.75, 3.05) is 0 Å². The summed E-state index contributed by atoms with van der Waals surface area (Å²) in [6.07, 6.45) is 0. The van der Waals surface area contributed by atoms with E-state index >= 15 is 0 Å². The molecule has 0 fully saturated rings. The Morgan fingerprint density at radius 1 is 0.370 bits per heavy atom. The van der Waals surface area contributed by atoms with Gasteiger partial charge in [-0.1, -0.05) is 127 Å². The van der Waals surface area contributed by atoms with E-state index in [9.17, 15) is 10.5 Å². The van der Waals surface area contributed by atoms with Gasteiger partial charge in [0.25, 0.3) is 0 Å². The third kappa shape index (κ3) is 4.68. The normalized spacial score (nSPS) is 11.3. The minimum atomic E-state index is 0.483. The fourth-order valence-corrected chi connectivity index (χ4v) is 8.31. The summed E-state index contributed by atoms with van der Waals surface area (Å²) in [6.45, 7) is 0. The lowest BCUT2D eigenvalue weighted by Gasteiger charge is -2.17. The van der Waals surface area contributed by atoms with Crippen LogP contribution in [-0.4, -0.2) is 9.13 Å². The van der Waals surface area contributed by atoms with E-state index in [1.807, 2.05) is 66.7 Å². The molecule has 4 heteroatoms. The van der Waals surface area contributed by atoms with Crippen molar-refractivity contribution in [1.82, 2.24) is 9.13 Å². The van der Waals surface area contributed by atoms with Crippen LogP contribution in [0.25, 0.3) is 88.4 Å². The molecule has 0 bridgehead atoms. The summed E-state index contributed by atoms with van der Waals surface area (Å²) in [7, 11) is 0. The van der Waals surface area contributed by atoms with Crippen molar-refractivity contribution in [3.05, 3.63) is 193 Å². The smallest absolute Gasteiger partial charge is 0.100 e. The van der Waals surface area contributed by atoms with Crippen LogP contribution in [0.15, 0.2) is 182 Å². The van der Waals surface area contributed by atoms with E-state index in [4.69, 9.17) is 0 Å². The third-order valence-corrected chi connectivity index (χ3v) is 10.6. The molecule has 0 aliphatic heterocycles.